The summed E-state index contributed by atoms with van der Waals surface area (Å²) in [6.45, 7) is 2.26. The third-order valence-corrected chi connectivity index (χ3v) is 5.94. The molecular weight excluding hydrogens is 449 g/mol. The van der Waals surface area contributed by atoms with Crippen molar-refractivity contribution in [3.8, 4) is 0 Å². The van der Waals surface area contributed by atoms with E-state index in [1.807, 2.05) is 30.3 Å². The van der Waals surface area contributed by atoms with E-state index >= 15 is 0 Å². The summed E-state index contributed by atoms with van der Waals surface area (Å²) in [6.07, 6.45) is 1.38. The van der Waals surface area contributed by atoms with Crippen LogP contribution in [-0.2, 0) is 16.6 Å². The lowest BCUT2D eigenvalue weighted by atomic mass is 10.2. The lowest BCUT2D eigenvalue weighted by Gasteiger charge is -2.05. The number of hydrazone groups is 1. The lowest BCUT2D eigenvalue weighted by Crippen LogP contribution is -2.19. The number of rotatable bonds is 6. The first-order valence-electron chi connectivity index (χ1n) is 8.59. The Labute approximate surface area is 183 Å². The van der Waals surface area contributed by atoms with Gasteiger partial charge in [-0.15, -0.1) is 0 Å². The molecule has 0 radical (unpaired) electrons. The molecule has 3 aromatic rings. The summed E-state index contributed by atoms with van der Waals surface area (Å²) < 4.78 is 24.7. The van der Waals surface area contributed by atoms with E-state index < -0.39 is 15.9 Å². The predicted molar refractivity (Wildman–Crippen MR) is 115 cm³/mol. The molecule has 0 fully saturated rings. The van der Waals surface area contributed by atoms with Crippen LogP contribution >= 0.6 is 23.2 Å². The number of halogens is 2. The van der Waals surface area contributed by atoms with Crippen LogP contribution < -0.4 is 10.6 Å². The highest BCUT2D eigenvalue weighted by molar-refractivity contribution is 7.89. The third-order valence-electron chi connectivity index (χ3n) is 4.14. The van der Waals surface area contributed by atoms with Crippen LogP contribution in [0.1, 0.15) is 27.2 Å². The summed E-state index contributed by atoms with van der Waals surface area (Å²) >= 11 is 12.2. The number of benzene rings is 2. The number of carbonyl (C=O) groups excluding carboxylic acids is 1. The normalized spacial score (nSPS) is 11.7. The zero-order valence-electron chi connectivity index (χ0n) is 15.7. The molecule has 8 nitrogen and oxygen atoms in total. The van der Waals surface area contributed by atoms with Gasteiger partial charge in [0.15, 0.2) is 0 Å². The summed E-state index contributed by atoms with van der Waals surface area (Å²) in [5, 5.41) is 13.7. The van der Waals surface area contributed by atoms with E-state index in [4.69, 9.17) is 28.3 Å². The number of nitrogens with two attached hydrogens (primary N) is 1. The highest BCUT2D eigenvalue weighted by Crippen LogP contribution is 2.22. The molecule has 0 saturated carbocycles. The van der Waals surface area contributed by atoms with E-state index in [9.17, 15) is 13.2 Å². The molecule has 30 heavy (non-hydrogen) atoms. The molecule has 3 rings (SSSR count). The summed E-state index contributed by atoms with van der Waals surface area (Å²) in [5.41, 5.74) is 4.57. The Morgan fingerprint density at radius 3 is 2.60 bits per heavy atom. The second-order valence-electron chi connectivity index (χ2n) is 6.32. The van der Waals surface area contributed by atoms with Crippen molar-refractivity contribution in [2.75, 3.05) is 0 Å². The van der Waals surface area contributed by atoms with Crippen LogP contribution in [0, 0.1) is 6.92 Å². The number of sulfonamides is 1. The maximum Gasteiger partial charge on any atom is 0.271 e. The molecule has 156 valence electrons. The molecule has 0 atom stereocenters. The maximum atomic E-state index is 12.3. The Kier molecular flexibility index (Phi) is 6.57. The zero-order chi connectivity index (χ0) is 21.9. The van der Waals surface area contributed by atoms with Crippen LogP contribution in [0.15, 0.2) is 58.5 Å². The van der Waals surface area contributed by atoms with Crippen molar-refractivity contribution in [1.82, 2.24) is 15.2 Å². The van der Waals surface area contributed by atoms with Gasteiger partial charge in [0.25, 0.3) is 5.91 Å². The summed E-state index contributed by atoms with van der Waals surface area (Å²) in [7, 11) is -4.07. The van der Waals surface area contributed by atoms with Crippen LogP contribution in [0.3, 0.4) is 0 Å². The molecule has 0 spiro atoms. The van der Waals surface area contributed by atoms with Gasteiger partial charge < -0.3 is 0 Å². The predicted octanol–water partition coefficient (Wildman–Crippen LogP) is 2.96. The largest absolute Gasteiger partial charge is 0.271 e. The fourth-order valence-corrected chi connectivity index (χ4v) is 4.01. The molecule has 0 saturated heterocycles. The number of aryl methyl sites for hydroxylation is 1. The average molecular weight is 466 g/mol. The van der Waals surface area contributed by atoms with Gasteiger partial charge in [-0.25, -0.2) is 23.7 Å². The molecule has 0 aliphatic rings. The van der Waals surface area contributed by atoms with Gasteiger partial charge in [0.05, 0.1) is 29.0 Å². The highest BCUT2D eigenvalue weighted by Gasteiger charge is 2.16. The van der Waals surface area contributed by atoms with Gasteiger partial charge >= 0.3 is 0 Å². The molecule has 1 amide bonds. The Bertz CT molecular complexity index is 1220. The monoisotopic (exact) mass is 465 g/mol. The van der Waals surface area contributed by atoms with Gasteiger partial charge in [-0.3, -0.25) is 4.79 Å². The smallest absolute Gasteiger partial charge is 0.267 e. The minimum Gasteiger partial charge on any atom is -0.267 e. The van der Waals surface area contributed by atoms with E-state index in [1.54, 1.807) is 11.6 Å². The molecule has 0 bridgehead atoms. The first-order chi connectivity index (χ1) is 14.2. The number of hydrogen-bond donors (Lipinski definition) is 2. The molecule has 2 aromatic carbocycles. The number of nitrogens with one attached hydrogen (secondary N) is 1. The molecule has 0 aliphatic carbocycles. The first-order valence-corrected chi connectivity index (χ1v) is 10.9. The second-order valence-corrected chi connectivity index (χ2v) is 8.62. The van der Waals surface area contributed by atoms with E-state index in [1.165, 1.54) is 18.3 Å². The Hall–Kier alpha value is -2.72. The van der Waals surface area contributed by atoms with E-state index in [-0.39, 0.29) is 15.5 Å². The van der Waals surface area contributed by atoms with Gasteiger partial charge in [0.2, 0.25) is 10.0 Å². The van der Waals surface area contributed by atoms with Gasteiger partial charge in [-0.1, -0.05) is 53.5 Å². The second kappa shape index (κ2) is 8.97. The number of hydrogen-bond acceptors (Lipinski definition) is 5. The van der Waals surface area contributed by atoms with Gasteiger partial charge in [0.1, 0.15) is 10.0 Å². The zero-order valence-corrected chi connectivity index (χ0v) is 18.0. The molecule has 0 aliphatic heterocycles. The minimum absolute atomic E-state index is 0.0307. The number of aromatic nitrogens is 2. The van der Waals surface area contributed by atoms with Crippen LogP contribution in [0.4, 0.5) is 0 Å². The van der Waals surface area contributed by atoms with Gasteiger partial charge in [0, 0.05) is 5.56 Å². The number of nitrogens with zero attached hydrogens (tertiary/aromatic N) is 3. The SMILES string of the molecule is Cc1nn(Cc2ccccc2)c(Cl)c1/C=N/NC(=O)c1ccc(Cl)c(S(N)(=O)=O)c1. The highest BCUT2D eigenvalue weighted by atomic mass is 35.5. The van der Waals surface area contributed by atoms with Crippen LogP contribution in [-0.4, -0.2) is 30.3 Å². The minimum atomic E-state index is -4.07. The van der Waals surface area contributed by atoms with Crippen molar-refractivity contribution < 1.29 is 13.2 Å². The standard InChI is InChI=1S/C19H17Cl2N5O3S/c1-12-15(18(21)26(25-12)11-13-5-3-2-4-6-13)10-23-24-19(27)14-7-8-16(20)17(9-14)30(22,28)29/h2-10H,11H2,1H3,(H,24,27)(H2,22,28,29)/b23-10+. The van der Waals surface area contributed by atoms with Crippen LogP contribution in [0.5, 0.6) is 0 Å². The number of amides is 1. The molecule has 3 N–H and O–H groups in total. The van der Waals surface area contributed by atoms with Gasteiger partial charge in [-0.2, -0.15) is 10.2 Å². The molecule has 11 heteroatoms. The number of primary sulfonamides is 1. The van der Waals surface area contributed by atoms with Crippen molar-refractivity contribution in [2.24, 2.45) is 10.2 Å². The summed E-state index contributed by atoms with van der Waals surface area (Å²) in [5.74, 6) is -0.640. The van der Waals surface area contributed by atoms with Crippen molar-refractivity contribution in [3.05, 3.63) is 81.1 Å². The maximum absolute atomic E-state index is 12.3. The topological polar surface area (TPSA) is 119 Å². The average Bonchev–Trinajstić information content (AvgIpc) is 2.95. The Morgan fingerprint density at radius 2 is 1.93 bits per heavy atom. The fraction of sp³-hybridized carbons (Fsp3) is 0.105. The van der Waals surface area contributed by atoms with Crippen molar-refractivity contribution in [3.63, 3.8) is 0 Å². The quantitative estimate of drug-likeness (QED) is 0.429. The number of carbonyl (C=O) groups is 1. The fourth-order valence-electron chi connectivity index (χ4n) is 2.66. The lowest BCUT2D eigenvalue weighted by molar-refractivity contribution is 0.0955. The van der Waals surface area contributed by atoms with E-state index in [0.29, 0.717) is 23.0 Å². The Balaban J connectivity index is 1.75. The summed E-state index contributed by atoms with van der Waals surface area (Å²) in [4.78, 5) is 11.9. The third kappa shape index (κ3) is 5.06. The van der Waals surface area contributed by atoms with E-state index in [2.05, 4.69) is 15.6 Å². The van der Waals surface area contributed by atoms with E-state index in [0.717, 1.165) is 11.6 Å². The van der Waals surface area contributed by atoms with Crippen LogP contribution in [0.25, 0.3) is 0 Å². The molecule has 1 aromatic heterocycles. The molecule has 0 unspecified atom stereocenters. The van der Waals surface area contributed by atoms with Crippen molar-refractivity contribution in [2.45, 2.75) is 18.4 Å². The first kappa shape index (κ1) is 22.0. The summed E-state index contributed by atoms with van der Waals surface area (Å²) in [6, 6.07) is 13.4. The molecular formula is C19H17Cl2N5O3S. The Morgan fingerprint density at radius 1 is 1.23 bits per heavy atom. The van der Waals surface area contributed by atoms with Gasteiger partial charge in [-0.05, 0) is 30.7 Å². The van der Waals surface area contributed by atoms with Crippen molar-refractivity contribution in [1.29, 1.82) is 0 Å². The van der Waals surface area contributed by atoms with Crippen molar-refractivity contribution >= 4 is 45.3 Å². The molecule has 1 heterocycles. The van der Waals surface area contributed by atoms with Crippen LogP contribution in [0.2, 0.25) is 10.2 Å².